The van der Waals surface area contributed by atoms with Gasteiger partial charge in [-0.1, -0.05) is 19.9 Å². The second-order valence-electron chi connectivity index (χ2n) is 4.92. The van der Waals surface area contributed by atoms with Gasteiger partial charge in [-0.15, -0.1) is 0 Å². The Bertz CT molecular complexity index is 358. The van der Waals surface area contributed by atoms with Crippen LogP contribution in [0, 0.1) is 6.92 Å². The van der Waals surface area contributed by atoms with Crippen molar-refractivity contribution < 1.29 is 4.74 Å². The van der Waals surface area contributed by atoms with Gasteiger partial charge in [0, 0.05) is 0 Å². The van der Waals surface area contributed by atoms with Crippen LogP contribution in [-0.4, -0.2) is 13.7 Å². The fraction of sp³-hybridized carbons (Fsp3) is 0.600. The molecule has 2 N–H and O–H groups in total. The molecular weight excluding hydrogens is 210 g/mol. The van der Waals surface area contributed by atoms with Crippen LogP contribution in [0.2, 0.25) is 0 Å². The zero-order valence-electron chi connectivity index (χ0n) is 11.5. The van der Waals surface area contributed by atoms with Crippen LogP contribution in [0.5, 0.6) is 5.75 Å². The van der Waals surface area contributed by atoms with Crippen molar-refractivity contribution in [3.8, 4) is 5.75 Å². The van der Waals surface area contributed by atoms with E-state index in [4.69, 9.17) is 10.5 Å². The largest absolute Gasteiger partial charge is 0.496 e. The lowest BCUT2D eigenvalue weighted by molar-refractivity contribution is 0.407. The van der Waals surface area contributed by atoms with E-state index in [0.717, 1.165) is 25.1 Å². The molecule has 0 radical (unpaired) electrons. The van der Waals surface area contributed by atoms with Gasteiger partial charge in [-0.3, -0.25) is 0 Å². The maximum atomic E-state index is 5.53. The second kappa shape index (κ2) is 6.65. The molecule has 0 aliphatic heterocycles. The average Bonchev–Trinajstić information content (AvgIpc) is 2.30. The highest BCUT2D eigenvalue weighted by Crippen LogP contribution is 2.30. The third-order valence-corrected chi connectivity index (χ3v) is 3.21. The van der Waals surface area contributed by atoms with Crippen molar-refractivity contribution in [1.82, 2.24) is 0 Å². The number of hydrogen-bond acceptors (Lipinski definition) is 2. The van der Waals surface area contributed by atoms with Crippen molar-refractivity contribution in [3.05, 3.63) is 28.8 Å². The molecule has 0 heterocycles. The fourth-order valence-corrected chi connectivity index (χ4v) is 2.10. The van der Waals surface area contributed by atoms with E-state index in [-0.39, 0.29) is 0 Å². The average molecular weight is 235 g/mol. The lowest BCUT2D eigenvalue weighted by atomic mass is 9.94. The van der Waals surface area contributed by atoms with Gasteiger partial charge >= 0.3 is 0 Å². The molecule has 1 rings (SSSR count). The van der Waals surface area contributed by atoms with E-state index >= 15 is 0 Å². The van der Waals surface area contributed by atoms with Crippen molar-refractivity contribution in [3.63, 3.8) is 0 Å². The molecule has 0 aliphatic carbocycles. The molecule has 2 nitrogen and oxygen atoms in total. The summed E-state index contributed by atoms with van der Waals surface area (Å²) in [5.74, 6) is 1.51. The third kappa shape index (κ3) is 3.74. The summed E-state index contributed by atoms with van der Waals surface area (Å²) in [5, 5.41) is 0. The Balaban J connectivity index is 2.94. The molecule has 0 aromatic heterocycles. The van der Waals surface area contributed by atoms with Crippen LogP contribution < -0.4 is 10.5 Å². The molecule has 1 aromatic carbocycles. The van der Waals surface area contributed by atoms with E-state index in [1.807, 2.05) is 0 Å². The molecule has 0 atom stereocenters. The summed E-state index contributed by atoms with van der Waals surface area (Å²) in [5.41, 5.74) is 9.60. The summed E-state index contributed by atoms with van der Waals surface area (Å²) in [6.45, 7) is 7.35. The Labute approximate surface area is 105 Å². The molecule has 96 valence electrons. The molecule has 0 saturated carbocycles. The minimum atomic E-state index is 0.499. The number of rotatable bonds is 6. The highest BCUT2D eigenvalue weighted by atomic mass is 16.5. The number of hydrogen-bond donors (Lipinski definition) is 1. The van der Waals surface area contributed by atoms with E-state index < -0.39 is 0 Å². The number of unbranched alkanes of at least 4 members (excludes halogenated alkanes) is 1. The van der Waals surface area contributed by atoms with Crippen LogP contribution in [0.3, 0.4) is 0 Å². The van der Waals surface area contributed by atoms with Gasteiger partial charge in [0.15, 0.2) is 0 Å². The molecule has 2 heteroatoms. The second-order valence-corrected chi connectivity index (χ2v) is 4.92. The van der Waals surface area contributed by atoms with Gasteiger partial charge in [-0.25, -0.2) is 0 Å². The molecule has 0 spiro atoms. The molecule has 0 amide bonds. The van der Waals surface area contributed by atoms with Gasteiger partial charge in [-0.05, 0) is 61.4 Å². The molecule has 1 aromatic rings. The molecule has 0 unspecified atom stereocenters. The predicted molar refractivity (Wildman–Crippen MR) is 73.8 cm³/mol. The number of methoxy groups -OCH3 is 1. The highest BCUT2D eigenvalue weighted by molar-refractivity contribution is 5.43. The topological polar surface area (TPSA) is 35.2 Å². The Morgan fingerprint density at radius 1 is 1.24 bits per heavy atom. The minimum Gasteiger partial charge on any atom is -0.496 e. The lowest BCUT2D eigenvalue weighted by Gasteiger charge is -2.16. The van der Waals surface area contributed by atoms with Crippen molar-refractivity contribution in [2.45, 2.75) is 46.0 Å². The molecule has 0 aliphatic rings. The Morgan fingerprint density at radius 3 is 2.47 bits per heavy atom. The predicted octanol–water partition coefficient (Wildman–Crippen LogP) is 3.41. The van der Waals surface area contributed by atoms with E-state index in [1.54, 1.807) is 7.11 Å². The highest BCUT2D eigenvalue weighted by Gasteiger charge is 2.10. The van der Waals surface area contributed by atoms with Crippen LogP contribution in [0.4, 0.5) is 0 Å². The van der Waals surface area contributed by atoms with Crippen LogP contribution in [0.25, 0.3) is 0 Å². The van der Waals surface area contributed by atoms with Gasteiger partial charge in [0.2, 0.25) is 0 Å². The monoisotopic (exact) mass is 235 g/mol. The Morgan fingerprint density at radius 2 is 1.94 bits per heavy atom. The van der Waals surface area contributed by atoms with Crippen molar-refractivity contribution in [1.29, 1.82) is 0 Å². The van der Waals surface area contributed by atoms with E-state index in [9.17, 15) is 0 Å². The van der Waals surface area contributed by atoms with Gasteiger partial charge in [0.1, 0.15) is 5.75 Å². The van der Waals surface area contributed by atoms with Crippen molar-refractivity contribution in [2.24, 2.45) is 5.73 Å². The molecule has 0 fully saturated rings. The number of benzene rings is 1. The van der Waals surface area contributed by atoms with Crippen LogP contribution in [-0.2, 0) is 6.42 Å². The molecule has 0 bridgehead atoms. The first-order valence-electron chi connectivity index (χ1n) is 6.47. The molecular formula is C15H25NO. The summed E-state index contributed by atoms with van der Waals surface area (Å²) in [6, 6.07) is 4.46. The van der Waals surface area contributed by atoms with Crippen LogP contribution >= 0.6 is 0 Å². The molecule has 0 saturated heterocycles. The van der Waals surface area contributed by atoms with Crippen molar-refractivity contribution in [2.75, 3.05) is 13.7 Å². The summed E-state index contributed by atoms with van der Waals surface area (Å²) in [4.78, 5) is 0. The van der Waals surface area contributed by atoms with E-state index in [1.165, 1.54) is 23.1 Å². The quantitative estimate of drug-likeness (QED) is 0.767. The lowest BCUT2D eigenvalue weighted by Crippen LogP contribution is -2.02. The summed E-state index contributed by atoms with van der Waals surface area (Å²) in [6.07, 6.45) is 3.39. The van der Waals surface area contributed by atoms with Gasteiger partial charge in [-0.2, -0.15) is 0 Å². The summed E-state index contributed by atoms with van der Waals surface area (Å²) >= 11 is 0. The van der Waals surface area contributed by atoms with Gasteiger partial charge in [0.25, 0.3) is 0 Å². The zero-order chi connectivity index (χ0) is 12.8. The number of nitrogens with two attached hydrogens (primary N) is 1. The smallest absolute Gasteiger partial charge is 0.122 e. The third-order valence-electron chi connectivity index (χ3n) is 3.21. The van der Waals surface area contributed by atoms with E-state index in [0.29, 0.717) is 5.92 Å². The van der Waals surface area contributed by atoms with Crippen molar-refractivity contribution >= 4 is 0 Å². The molecule has 17 heavy (non-hydrogen) atoms. The van der Waals surface area contributed by atoms with Crippen LogP contribution in [0.15, 0.2) is 12.1 Å². The van der Waals surface area contributed by atoms with E-state index in [2.05, 4.69) is 32.9 Å². The first-order valence-corrected chi connectivity index (χ1v) is 6.47. The first-order chi connectivity index (χ1) is 8.10. The maximum Gasteiger partial charge on any atom is 0.122 e. The SMILES string of the molecule is COc1cc(C)c(CCCCN)cc1C(C)C. The maximum absolute atomic E-state index is 5.53. The van der Waals surface area contributed by atoms with Gasteiger partial charge in [0.05, 0.1) is 7.11 Å². The number of ether oxygens (including phenoxy) is 1. The Kier molecular flexibility index (Phi) is 5.49. The van der Waals surface area contributed by atoms with Crippen LogP contribution in [0.1, 0.15) is 49.3 Å². The first kappa shape index (κ1) is 14.0. The van der Waals surface area contributed by atoms with Gasteiger partial charge < -0.3 is 10.5 Å². The zero-order valence-corrected chi connectivity index (χ0v) is 11.5. The summed E-state index contributed by atoms with van der Waals surface area (Å²) in [7, 11) is 1.74. The summed E-state index contributed by atoms with van der Waals surface area (Å²) < 4.78 is 5.45. The normalized spacial score (nSPS) is 10.9. The Hall–Kier alpha value is -1.02. The fourth-order valence-electron chi connectivity index (χ4n) is 2.10. The standard InChI is InChI=1S/C15H25NO/c1-11(2)14-10-13(7-5-6-8-16)12(3)9-15(14)17-4/h9-11H,5-8,16H2,1-4H3. The minimum absolute atomic E-state index is 0.499. The number of aryl methyl sites for hydroxylation is 2.